The van der Waals surface area contributed by atoms with Crippen molar-refractivity contribution in [1.82, 2.24) is 4.90 Å². The number of nitrogens with zero attached hydrogens (tertiary/aromatic N) is 1. The molecule has 0 spiro atoms. The van der Waals surface area contributed by atoms with Gasteiger partial charge in [-0.2, -0.15) is 0 Å². The Morgan fingerprint density at radius 2 is 1.90 bits per heavy atom. The summed E-state index contributed by atoms with van der Waals surface area (Å²) < 4.78 is 23.6. The summed E-state index contributed by atoms with van der Waals surface area (Å²) in [6.07, 6.45) is 1.97. The number of rotatable bonds is 2. The summed E-state index contributed by atoms with van der Waals surface area (Å²) in [6.45, 7) is 7.92. The van der Waals surface area contributed by atoms with Crippen LogP contribution in [0, 0.1) is 20.8 Å². The van der Waals surface area contributed by atoms with Crippen LogP contribution >= 0.6 is 10.7 Å². The zero-order valence-corrected chi connectivity index (χ0v) is 14.3. The van der Waals surface area contributed by atoms with Gasteiger partial charge in [0.15, 0.2) is 0 Å². The smallest absolute Gasteiger partial charge is 0.261 e. The second kappa shape index (κ2) is 5.61. The third-order valence-corrected chi connectivity index (χ3v) is 5.75. The van der Waals surface area contributed by atoms with Crippen LogP contribution in [0.4, 0.5) is 0 Å². The highest BCUT2D eigenvalue weighted by Crippen LogP contribution is 2.31. The molecule has 6 heteroatoms. The van der Waals surface area contributed by atoms with Gasteiger partial charge in [-0.1, -0.05) is 6.07 Å². The maximum absolute atomic E-state index is 12.8. The molecule has 1 unspecified atom stereocenters. The maximum atomic E-state index is 12.8. The highest BCUT2D eigenvalue weighted by molar-refractivity contribution is 8.13. The van der Waals surface area contributed by atoms with E-state index in [0.29, 0.717) is 16.7 Å². The molecule has 1 aliphatic rings. The summed E-state index contributed by atoms with van der Waals surface area (Å²) in [5.41, 5.74) is 2.28. The molecule has 116 valence electrons. The maximum Gasteiger partial charge on any atom is 0.261 e. The van der Waals surface area contributed by atoms with Gasteiger partial charge in [0.1, 0.15) is 0 Å². The van der Waals surface area contributed by atoms with Crippen molar-refractivity contribution in [2.75, 3.05) is 6.54 Å². The van der Waals surface area contributed by atoms with E-state index in [4.69, 9.17) is 10.7 Å². The number of likely N-dealkylation sites (tertiary alicyclic amines) is 1. The summed E-state index contributed by atoms with van der Waals surface area (Å²) >= 11 is 0. The Labute approximate surface area is 130 Å². The molecule has 0 N–H and O–H groups in total. The van der Waals surface area contributed by atoms with Crippen molar-refractivity contribution in [1.29, 1.82) is 0 Å². The molecule has 0 saturated carbocycles. The van der Waals surface area contributed by atoms with Gasteiger partial charge in [-0.25, -0.2) is 8.42 Å². The van der Waals surface area contributed by atoms with Crippen LogP contribution in [0.25, 0.3) is 0 Å². The minimum Gasteiger partial charge on any atom is -0.336 e. The van der Waals surface area contributed by atoms with Gasteiger partial charge in [-0.15, -0.1) is 0 Å². The topological polar surface area (TPSA) is 54.5 Å². The Morgan fingerprint density at radius 3 is 2.38 bits per heavy atom. The lowest BCUT2D eigenvalue weighted by Crippen LogP contribution is -2.34. The molecule has 21 heavy (non-hydrogen) atoms. The van der Waals surface area contributed by atoms with Gasteiger partial charge >= 0.3 is 0 Å². The SMILES string of the molecule is Cc1cc(C)c(S(=O)(=O)Cl)c(C)c1C(=O)N1CCCC1C. The van der Waals surface area contributed by atoms with Crippen LogP contribution in [0.5, 0.6) is 0 Å². The number of carbonyl (C=O) groups excluding carboxylic acids is 1. The zero-order valence-electron chi connectivity index (χ0n) is 12.7. The molecule has 0 aliphatic carbocycles. The van der Waals surface area contributed by atoms with E-state index in [9.17, 15) is 13.2 Å². The van der Waals surface area contributed by atoms with E-state index >= 15 is 0 Å². The Kier molecular flexibility index (Phi) is 4.36. The fraction of sp³-hybridized carbons (Fsp3) is 0.533. The summed E-state index contributed by atoms with van der Waals surface area (Å²) in [6, 6.07) is 1.91. The average Bonchev–Trinajstić information content (AvgIpc) is 2.72. The van der Waals surface area contributed by atoms with Gasteiger partial charge in [-0.3, -0.25) is 4.79 Å². The van der Waals surface area contributed by atoms with E-state index in [1.807, 2.05) is 18.7 Å². The van der Waals surface area contributed by atoms with Crippen LogP contribution in [-0.2, 0) is 9.05 Å². The van der Waals surface area contributed by atoms with Gasteiger partial charge in [-0.05, 0) is 57.2 Å². The first-order chi connectivity index (χ1) is 9.64. The Balaban J connectivity index is 2.62. The Hall–Kier alpha value is -1.07. The quantitative estimate of drug-likeness (QED) is 0.783. The first-order valence-corrected chi connectivity index (χ1v) is 9.32. The standard InChI is InChI=1S/C15H20ClNO3S/c1-9-8-10(2)14(21(16,19)20)12(4)13(9)15(18)17-7-5-6-11(17)3/h8,11H,5-7H2,1-4H3. The number of hydrogen-bond donors (Lipinski definition) is 0. The van der Waals surface area contributed by atoms with Gasteiger partial charge < -0.3 is 4.90 Å². The molecule has 1 atom stereocenters. The van der Waals surface area contributed by atoms with Crippen molar-refractivity contribution in [2.45, 2.75) is 51.5 Å². The number of aryl methyl sites for hydroxylation is 2. The lowest BCUT2D eigenvalue weighted by atomic mass is 9.98. The lowest BCUT2D eigenvalue weighted by Gasteiger charge is -2.24. The fourth-order valence-electron chi connectivity index (χ4n) is 3.25. The van der Waals surface area contributed by atoms with E-state index in [1.165, 1.54) is 0 Å². The Morgan fingerprint density at radius 1 is 1.29 bits per heavy atom. The third kappa shape index (κ3) is 2.94. The van der Waals surface area contributed by atoms with Crippen LogP contribution in [0.15, 0.2) is 11.0 Å². The highest BCUT2D eigenvalue weighted by Gasteiger charge is 2.30. The van der Waals surface area contributed by atoms with Crippen molar-refractivity contribution in [3.8, 4) is 0 Å². The summed E-state index contributed by atoms with van der Waals surface area (Å²) in [4.78, 5) is 14.7. The number of halogens is 1. The first-order valence-electron chi connectivity index (χ1n) is 7.01. The monoisotopic (exact) mass is 329 g/mol. The molecule has 1 saturated heterocycles. The molecule has 4 nitrogen and oxygen atoms in total. The zero-order chi connectivity index (χ0) is 15.9. The molecular formula is C15H20ClNO3S. The van der Waals surface area contributed by atoms with Crippen LogP contribution in [0.3, 0.4) is 0 Å². The van der Waals surface area contributed by atoms with Crippen molar-refractivity contribution in [3.05, 3.63) is 28.3 Å². The first kappa shape index (κ1) is 16.3. The summed E-state index contributed by atoms with van der Waals surface area (Å²) in [5, 5.41) is 0. The molecule has 0 aromatic heterocycles. The van der Waals surface area contributed by atoms with Crippen molar-refractivity contribution in [2.24, 2.45) is 0 Å². The molecule has 1 aliphatic heterocycles. The van der Waals surface area contributed by atoms with Gasteiger partial charge in [0.2, 0.25) is 0 Å². The molecule has 1 aromatic rings. The third-order valence-electron chi connectivity index (χ3n) is 4.17. The molecular weight excluding hydrogens is 310 g/mol. The molecule has 0 radical (unpaired) electrons. The van der Waals surface area contributed by atoms with Crippen molar-refractivity contribution in [3.63, 3.8) is 0 Å². The number of amides is 1. The van der Waals surface area contributed by atoms with Gasteiger partial charge in [0.25, 0.3) is 15.0 Å². The van der Waals surface area contributed by atoms with Crippen molar-refractivity contribution < 1.29 is 13.2 Å². The predicted molar refractivity (Wildman–Crippen MR) is 83.4 cm³/mol. The molecule has 1 aromatic carbocycles. The lowest BCUT2D eigenvalue weighted by molar-refractivity contribution is 0.0745. The van der Waals surface area contributed by atoms with Crippen LogP contribution in [-0.4, -0.2) is 31.8 Å². The van der Waals surface area contributed by atoms with E-state index in [2.05, 4.69) is 0 Å². The molecule has 1 amide bonds. The van der Waals surface area contributed by atoms with Crippen molar-refractivity contribution >= 4 is 25.6 Å². The van der Waals surface area contributed by atoms with E-state index in [-0.39, 0.29) is 16.8 Å². The minimum absolute atomic E-state index is 0.0602. The van der Waals surface area contributed by atoms with E-state index in [0.717, 1.165) is 24.9 Å². The second-order valence-corrected chi connectivity index (χ2v) is 8.27. The summed E-state index contributed by atoms with van der Waals surface area (Å²) in [7, 11) is 1.66. The highest BCUT2D eigenvalue weighted by atomic mass is 35.7. The molecule has 1 heterocycles. The van der Waals surface area contributed by atoms with Crippen LogP contribution < -0.4 is 0 Å². The van der Waals surface area contributed by atoms with Crippen LogP contribution in [0.1, 0.15) is 46.8 Å². The predicted octanol–water partition coefficient (Wildman–Crippen LogP) is 3.16. The minimum atomic E-state index is -3.87. The molecule has 2 rings (SSSR count). The fourth-order valence-corrected chi connectivity index (χ4v) is 4.87. The second-order valence-electron chi connectivity index (χ2n) is 5.77. The number of benzene rings is 1. The van der Waals surface area contributed by atoms with E-state index in [1.54, 1.807) is 19.9 Å². The Bertz CT molecular complexity index is 697. The average molecular weight is 330 g/mol. The largest absolute Gasteiger partial charge is 0.336 e. The number of carbonyl (C=O) groups is 1. The normalized spacial score (nSPS) is 19.1. The molecule has 1 fully saturated rings. The van der Waals surface area contributed by atoms with E-state index < -0.39 is 9.05 Å². The number of hydrogen-bond acceptors (Lipinski definition) is 3. The molecule has 0 bridgehead atoms. The van der Waals surface area contributed by atoms with Gasteiger partial charge in [0.05, 0.1) is 4.90 Å². The van der Waals surface area contributed by atoms with Crippen LogP contribution in [0.2, 0.25) is 0 Å². The van der Waals surface area contributed by atoms with Gasteiger partial charge in [0, 0.05) is 28.8 Å². The summed E-state index contributed by atoms with van der Waals surface area (Å²) in [5.74, 6) is -0.100.